The van der Waals surface area contributed by atoms with Gasteiger partial charge in [0.05, 0.1) is 0 Å². The third kappa shape index (κ3) is 1.38. The van der Waals surface area contributed by atoms with Crippen LogP contribution in [0.25, 0.3) is 0 Å². The third-order valence-corrected chi connectivity index (χ3v) is 2.63. The summed E-state index contributed by atoms with van der Waals surface area (Å²) in [5.74, 6) is 0.694. The van der Waals surface area contributed by atoms with Gasteiger partial charge in [0, 0.05) is 6.42 Å². The zero-order valence-electron chi connectivity index (χ0n) is 7.51. The van der Waals surface area contributed by atoms with Gasteiger partial charge >= 0.3 is 0 Å². The van der Waals surface area contributed by atoms with E-state index in [1.165, 1.54) is 30.4 Å². The molecular weight excluding hydrogens is 144 g/mol. The predicted molar refractivity (Wildman–Crippen MR) is 50.9 cm³/mol. The summed E-state index contributed by atoms with van der Waals surface area (Å²) < 4.78 is 0. The largest absolute Gasteiger partial charge is 0.0651 e. The second-order valence-electron chi connectivity index (χ2n) is 3.45. The van der Waals surface area contributed by atoms with E-state index < -0.39 is 0 Å². The minimum Gasteiger partial charge on any atom is -0.0651 e. The first-order valence-corrected chi connectivity index (χ1v) is 4.74. The molecule has 1 aromatic carbocycles. The number of fused-ring (bicyclic) bond motifs is 1. The summed E-state index contributed by atoms with van der Waals surface area (Å²) in [5, 5.41) is 0. The molecule has 0 saturated heterocycles. The van der Waals surface area contributed by atoms with Crippen LogP contribution in [0.2, 0.25) is 0 Å². The van der Waals surface area contributed by atoms with Gasteiger partial charge in [0.15, 0.2) is 0 Å². The number of hydrogen-bond donors (Lipinski definition) is 0. The third-order valence-electron chi connectivity index (χ3n) is 2.63. The van der Waals surface area contributed by atoms with Crippen LogP contribution < -0.4 is 0 Å². The van der Waals surface area contributed by atoms with Gasteiger partial charge in [-0.25, -0.2) is 0 Å². The van der Waals surface area contributed by atoms with E-state index in [9.17, 15) is 0 Å². The molecule has 2 rings (SSSR count). The van der Waals surface area contributed by atoms with Gasteiger partial charge < -0.3 is 0 Å². The van der Waals surface area contributed by atoms with Crippen molar-refractivity contribution in [1.29, 1.82) is 0 Å². The molecule has 1 aliphatic rings. The normalized spacial score (nSPS) is 21.9. The second kappa shape index (κ2) is 3.30. The molecule has 62 valence electrons. The summed E-state index contributed by atoms with van der Waals surface area (Å²) in [4.78, 5) is 0. The molecule has 0 N–H and O–H groups in total. The SMILES string of the molecule is CCC1[C]c2ccccc2CC1. The fourth-order valence-corrected chi connectivity index (χ4v) is 1.81. The van der Waals surface area contributed by atoms with Gasteiger partial charge in [0.1, 0.15) is 0 Å². The van der Waals surface area contributed by atoms with E-state index in [1.54, 1.807) is 0 Å². The summed E-state index contributed by atoms with van der Waals surface area (Å²) in [5.41, 5.74) is 2.82. The van der Waals surface area contributed by atoms with Crippen LogP contribution in [0.15, 0.2) is 24.3 Å². The minimum atomic E-state index is 0.694. The zero-order valence-corrected chi connectivity index (χ0v) is 7.51. The van der Waals surface area contributed by atoms with Crippen LogP contribution in [0.1, 0.15) is 30.9 Å². The number of hydrogen-bond acceptors (Lipinski definition) is 0. The maximum atomic E-state index is 3.55. The van der Waals surface area contributed by atoms with Crippen LogP contribution in [-0.4, -0.2) is 0 Å². The Kier molecular flexibility index (Phi) is 2.16. The van der Waals surface area contributed by atoms with E-state index in [2.05, 4.69) is 37.6 Å². The van der Waals surface area contributed by atoms with Crippen LogP contribution in [0.5, 0.6) is 0 Å². The highest BCUT2D eigenvalue weighted by Crippen LogP contribution is 2.28. The van der Waals surface area contributed by atoms with Crippen molar-refractivity contribution in [2.75, 3.05) is 0 Å². The van der Waals surface area contributed by atoms with Gasteiger partial charge in [-0.05, 0) is 29.9 Å². The average Bonchev–Trinajstić information content (AvgIpc) is 2.17. The molecule has 1 aliphatic carbocycles. The van der Waals surface area contributed by atoms with Gasteiger partial charge in [0.25, 0.3) is 0 Å². The number of aryl methyl sites for hydroxylation is 1. The second-order valence-corrected chi connectivity index (χ2v) is 3.45. The molecule has 2 radical (unpaired) electrons. The highest BCUT2D eigenvalue weighted by Gasteiger charge is 2.16. The molecule has 0 bridgehead atoms. The first kappa shape index (κ1) is 7.85. The topological polar surface area (TPSA) is 0 Å². The van der Waals surface area contributed by atoms with Gasteiger partial charge in [-0.3, -0.25) is 0 Å². The van der Waals surface area contributed by atoms with Crippen molar-refractivity contribution in [2.45, 2.75) is 26.2 Å². The summed E-state index contributed by atoms with van der Waals surface area (Å²) >= 11 is 0. The van der Waals surface area contributed by atoms with Gasteiger partial charge in [-0.15, -0.1) is 0 Å². The van der Waals surface area contributed by atoms with E-state index in [4.69, 9.17) is 0 Å². The lowest BCUT2D eigenvalue weighted by atomic mass is 9.83. The van der Waals surface area contributed by atoms with E-state index in [-0.39, 0.29) is 0 Å². The van der Waals surface area contributed by atoms with Crippen molar-refractivity contribution < 1.29 is 0 Å². The molecule has 0 aliphatic heterocycles. The first-order chi connectivity index (χ1) is 5.90. The summed E-state index contributed by atoms with van der Waals surface area (Å²) in [6, 6.07) is 8.61. The van der Waals surface area contributed by atoms with E-state index >= 15 is 0 Å². The quantitative estimate of drug-likeness (QED) is 0.589. The molecule has 0 heterocycles. The molecule has 0 spiro atoms. The van der Waals surface area contributed by atoms with Gasteiger partial charge in [0.2, 0.25) is 0 Å². The molecule has 1 atom stereocenters. The number of benzene rings is 1. The van der Waals surface area contributed by atoms with Crippen molar-refractivity contribution in [3.8, 4) is 0 Å². The standard InChI is InChI=1S/C12H14/c1-2-10-7-8-11-5-3-4-6-12(11)9-10/h3-6,10H,2,7-8H2,1H3. The lowest BCUT2D eigenvalue weighted by Gasteiger charge is -2.22. The van der Waals surface area contributed by atoms with Gasteiger partial charge in [-0.2, -0.15) is 0 Å². The molecule has 0 aromatic heterocycles. The molecule has 0 heteroatoms. The molecule has 1 aromatic rings. The fourth-order valence-electron chi connectivity index (χ4n) is 1.81. The highest BCUT2D eigenvalue weighted by atomic mass is 14.2. The van der Waals surface area contributed by atoms with Crippen molar-refractivity contribution in [2.24, 2.45) is 5.92 Å². The van der Waals surface area contributed by atoms with Crippen LogP contribution >= 0.6 is 0 Å². The molecule has 0 fully saturated rings. The Hall–Kier alpha value is -0.780. The smallest absolute Gasteiger partial charge is 0.0201 e. The van der Waals surface area contributed by atoms with E-state index in [1.807, 2.05) is 0 Å². The Morgan fingerprint density at radius 3 is 3.08 bits per heavy atom. The highest BCUT2D eigenvalue weighted by molar-refractivity contribution is 5.35. The number of rotatable bonds is 1. The van der Waals surface area contributed by atoms with Crippen molar-refractivity contribution in [1.82, 2.24) is 0 Å². The van der Waals surface area contributed by atoms with Crippen LogP contribution in [0.4, 0.5) is 0 Å². The Morgan fingerprint density at radius 2 is 2.25 bits per heavy atom. The summed E-state index contributed by atoms with van der Waals surface area (Å²) in [7, 11) is 0. The summed E-state index contributed by atoms with van der Waals surface area (Å²) in [6.45, 7) is 2.24. The molecule has 0 nitrogen and oxygen atoms in total. The van der Waals surface area contributed by atoms with Crippen LogP contribution in [0, 0.1) is 12.3 Å². The summed E-state index contributed by atoms with van der Waals surface area (Å²) in [6.07, 6.45) is 7.30. The van der Waals surface area contributed by atoms with E-state index in [0.29, 0.717) is 5.92 Å². The van der Waals surface area contributed by atoms with E-state index in [0.717, 1.165) is 0 Å². The maximum absolute atomic E-state index is 3.55. The molecular formula is C12H14. The fraction of sp³-hybridized carbons (Fsp3) is 0.417. The van der Waals surface area contributed by atoms with Crippen molar-refractivity contribution in [3.05, 3.63) is 41.8 Å². The molecule has 0 amide bonds. The average molecular weight is 158 g/mol. The van der Waals surface area contributed by atoms with Crippen molar-refractivity contribution in [3.63, 3.8) is 0 Å². The Bertz CT molecular complexity index is 262. The first-order valence-electron chi connectivity index (χ1n) is 4.74. The molecule has 0 saturated carbocycles. The molecule has 1 unspecified atom stereocenters. The Labute approximate surface area is 74.6 Å². The zero-order chi connectivity index (χ0) is 8.39. The Balaban J connectivity index is 2.23. The van der Waals surface area contributed by atoms with Crippen LogP contribution in [0.3, 0.4) is 0 Å². The minimum absolute atomic E-state index is 0.694. The lowest BCUT2D eigenvalue weighted by molar-refractivity contribution is 0.524. The van der Waals surface area contributed by atoms with Crippen molar-refractivity contribution >= 4 is 0 Å². The predicted octanol–water partition coefficient (Wildman–Crippen LogP) is 3.09. The van der Waals surface area contributed by atoms with Crippen LogP contribution in [-0.2, 0) is 6.42 Å². The lowest BCUT2D eigenvalue weighted by Crippen LogP contribution is -2.10. The Morgan fingerprint density at radius 1 is 1.42 bits per heavy atom. The maximum Gasteiger partial charge on any atom is 0.0201 e. The van der Waals surface area contributed by atoms with Gasteiger partial charge in [-0.1, -0.05) is 37.6 Å². The monoisotopic (exact) mass is 158 g/mol. The molecule has 12 heavy (non-hydrogen) atoms.